The van der Waals surface area contributed by atoms with Crippen molar-refractivity contribution >= 4 is 5.91 Å². The van der Waals surface area contributed by atoms with Gasteiger partial charge < -0.3 is 14.4 Å². The van der Waals surface area contributed by atoms with E-state index in [-0.39, 0.29) is 11.8 Å². The Kier molecular flexibility index (Phi) is 3.09. The smallest absolute Gasteiger partial charge is 0.231 e. The zero-order chi connectivity index (χ0) is 13.4. The monoisotopic (exact) mass is 261 g/mol. The Balaban J connectivity index is 2.02. The molecule has 0 saturated carbocycles. The van der Waals surface area contributed by atoms with Gasteiger partial charge in [0.15, 0.2) is 11.5 Å². The Morgan fingerprint density at radius 2 is 1.89 bits per heavy atom. The predicted octanol–water partition coefficient (Wildman–Crippen LogP) is 2.35. The van der Waals surface area contributed by atoms with Gasteiger partial charge in [0.05, 0.1) is 0 Å². The normalized spacial score (nSPS) is 21.3. The number of carbonyl (C=O) groups is 1. The van der Waals surface area contributed by atoms with E-state index >= 15 is 0 Å². The van der Waals surface area contributed by atoms with Gasteiger partial charge in [-0.25, -0.2) is 0 Å². The molecule has 2 aliphatic rings. The first kappa shape index (κ1) is 12.3. The zero-order valence-electron chi connectivity index (χ0n) is 11.4. The SMILES string of the molecule is CCC1Cc2cc3c(cc2CN(CC)C1=O)OCO3. The molecule has 1 atom stereocenters. The molecule has 1 unspecified atom stereocenters. The van der Waals surface area contributed by atoms with Gasteiger partial charge in [0.2, 0.25) is 12.7 Å². The van der Waals surface area contributed by atoms with Crippen molar-refractivity contribution in [3.8, 4) is 11.5 Å². The van der Waals surface area contributed by atoms with Crippen molar-refractivity contribution < 1.29 is 14.3 Å². The van der Waals surface area contributed by atoms with E-state index in [9.17, 15) is 4.79 Å². The minimum atomic E-state index is 0.0848. The molecule has 0 fully saturated rings. The minimum Gasteiger partial charge on any atom is -0.454 e. The van der Waals surface area contributed by atoms with E-state index in [1.165, 1.54) is 11.1 Å². The van der Waals surface area contributed by atoms with Crippen LogP contribution in [0.15, 0.2) is 12.1 Å². The Hall–Kier alpha value is -1.71. The highest BCUT2D eigenvalue weighted by atomic mass is 16.7. The summed E-state index contributed by atoms with van der Waals surface area (Å²) in [7, 11) is 0. The van der Waals surface area contributed by atoms with Crippen LogP contribution in [-0.4, -0.2) is 24.1 Å². The number of benzene rings is 1. The molecule has 0 N–H and O–H groups in total. The van der Waals surface area contributed by atoms with Gasteiger partial charge in [-0.05, 0) is 43.0 Å². The quantitative estimate of drug-likeness (QED) is 0.820. The summed E-state index contributed by atoms with van der Waals surface area (Å²) in [5.41, 5.74) is 2.41. The Labute approximate surface area is 113 Å². The third kappa shape index (κ3) is 2.05. The third-order valence-corrected chi connectivity index (χ3v) is 4.06. The largest absolute Gasteiger partial charge is 0.454 e. The van der Waals surface area contributed by atoms with E-state index in [2.05, 4.69) is 6.92 Å². The van der Waals surface area contributed by atoms with Crippen LogP contribution in [0.5, 0.6) is 11.5 Å². The highest BCUT2D eigenvalue weighted by molar-refractivity contribution is 5.80. The third-order valence-electron chi connectivity index (χ3n) is 4.06. The number of ether oxygens (including phenoxy) is 2. The van der Waals surface area contributed by atoms with Gasteiger partial charge in [0, 0.05) is 19.0 Å². The van der Waals surface area contributed by atoms with Crippen molar-refractivity contribution in [1.82, 2.24) is 4.90 Å². The van der Waals surface area contributed by atoms with Crippen LogP contribution in [-0.2, 0) is 17.8 Å². The van der Waals surface area contributed by atoms with Crippen molar-refractivity contribution in [2.24, 2.45) is 5.92 Å². The fraction of sp³-hybridized carbons (Fsp3) is 0.533. The Morgan fingerprint density at radius 3 is 2.53 bits per heavy atom. The minimum absolute atomic E-state index is 0.0848. The molecule has 3 rings (SSSR count). The summed E-state index contributed by atoms with van der Waals surface area (Å²) < 4.78 is 10.9. The summed E-state index contributed by atoms with van der Waals surface area (Å²) in [6.45, 7) is 5.84. The molecule has 0 aliphatic carbocycles. The lowest BCUT2D eigenvalue weighted by Crippen LogP contribution is -2.34. The topological polar surface area (TPSA) is 38.8 Å². The summed E-state index contributed by atoms with van der Waals surface area (Å²) in [6.07, 6.45) is 1.68. The number of amides is 1. The first-order valence-corrected chi connectivity index (χ1v) is 6.93. The summed E-state index contributed by atoms with van der Waals surface area (Å²) in [5, 5.41) is 0. The van der Waals surface area contributed by atoms with Crippen molar-refractivity contribution in [3.63, 3.8) is 0 Å². The van der Waals surface area contributed by atoms with Gasteiger partial charge in [0.25, 0.3) is 0 Å². The van der Waals surface area contributed by atoms with Crippen molar-refractivity contribution in [2.75, 3.05) is 13.3 Å². The number of hydrogen-bond donors (Lipinski definition) is 0. The molecule has 4 heteroatoms. The van der Waals surface area contributed by atoms with E-state index in [0.717, 1.165) is 30.9 Å². The molecule has 1 aromatic carbocycles. The Bertz CT molecular complexity index is 469. The number of nitrogens with zero attached hydrogens (tertiary/aromatic N) is 1. The fourth-order valence-corrected chi connectivity index (χ4v) is 2.84. The van der Waals surface area contributed by atoms with E-state index < -0.39 is 0 Å². The van der Waals surface area contributed by atoms with Gasteiger partial charge in [-0.3, -0.25) is 4.79 Å². The first-order chi connectivity index (χ1) is 9.22. The molecule has 1 amide bonds. The lowest BCUT2D eigenvalue weighted by atomic mass is 9.94. The van der Waals surface area contributed by atoms with Gasteiger partial charge in [-0.15, -0.1) is 0 Å². The molecular formula is C15H19NO3. The van der Waals surface area contributed by atoms with E-state index in [0.29, 0.717) is 13.3 Å². The lowest BCUT2D eigenvalue weighted by Gasteiger charge is -2.22. The van der Waals surface area contributed by atoms with Crippen LogP contribution in [0.4, 0.5) is 0 Å². The molecule has 0 saturated heterocycles. The number of rotatable bonds is 2. The lowest BCUT2D eigenvalue weighted by molar-refractivity contribution is -0.135. The van der Waals surface area contributed by atoms with E-state index in [1.807, 2.05) is 24.0 Å². The summed E-state index contributed by atoms with van der Waals surface area (Å²) in [4.78, 5) is 14.3. The molecule has 0 aromatic heterocycles. The van der Waals surface area contributed by atoms with Crippen LogP contribution in [0.1, 0.15) is 31.4 Å². The summed E-state index contributed by atoms with van der Waals surface area (Å²) in [6, 6.07) is 4.08. The first-order valence-electron chi connectivity index (χ1n) is 6.93. The molecule has 4 nitrogen and oxygen atoms in total. The van der Waals surface area contributed by atoms with Crippen molar-refractivity contribution in [3.05, 3.63) is 23.3 Å². The zero-order valence-corrected chi connectivity index (χ0v) is 11.4. The maximum absolute atomic E-state index is 12.4. The molecule has 2 aliphatic heterocycles. The van der Waals surface area contributed by atoms with Gasteiger partial charge in [-0.1, -0.05) is 6.92 Å². The highest BCUT2D eigenvalue weighted by Gasteiger charge is 2.29. The highest BCUT2D eigenvalue weighted by Crippen LogP contribution is 2.37. The van der Waals surface area contributed by atoms with Gasteiger partial charge in [0.1, 0.15) is 0 Å². The molecule has 2 heterocycles. The standard InChI is InChI=1S/C15H19NO3/c1-3-10-5-11-6-13-14(19-9-18-13)7-12(11)8-16(4-2)15(10)17/h6-7,10H,3-5,8-9H2,1-2H3. The number of carbonyl (C=O) groups excluding carboxylic acids is 1. The van der Waals surface area contributed by atoms with Gasteiger partial charge in [-0.2, -0.15) is 0 Å². The maximum Gasteiger partial charge on any atom is 0.231 e. The average molecular weight is 261 g/mol. The summed E-state index contributed by atoms with van der Waals surface area (Å²) >= 11 is 0. The number of fused-ring (bicyclic) bond motifs is 2. The number of hydrogen-bond acceptors (Lipinski definition) is 3. The van der Waals surface area contributed by atoms with E-state index in [4.69, 9.17) is 9.47 Å². The fourth-order valence-electron chi connectivity index (χ4n) is 2.84. The second-order valence-electron chi connectivity index (χ2n) is 5.14. The van der Waals surface area contributed by atoms with Crippen LogP contribution in [0.3, 0.4) is 0 Å². The Morgan fingerprint density at radius 1 is 1.21 bits per heavy atom. The molecular weight excluding hydrogens is 242 g/mol. The molecule has 19 heavy (non-hydrogen) atoms. The molecule has 1 aromatic rings. The molecule has 0 bridgehead atoms. The van der Waals surface area contributed by atoms with Crippen molar-refractivity contribution in [2.45, 2.75) is 33.2 Å². The van der Waals surface area contributed by atoms with Crippen LogP contribution in [0.25, 0.3) is 0 Å². The van der Waals surface area contributed by atoms with Crippen LogP contribution >= 0.6 is 0 Å². The predicted molar refractivity (Wildman–Crippen MR) is 71.1 cm³/mol. The molecule has 0 spiro atoms. The second-order valence-corrected chi connectivity index (χ2v) is 5.14. The van der Waals surface area contributed by atoms with Crippen LogP contribution in [0, 0.1) is 5.92 Å². The van der Waals surface area contributed by atoms with E-state index in [1.54, 1.807) is 0 Å². The van der Waals surface area contributed by atoms with Crippen molar-refractivity contribution in [1.29, 1.82) is 0 Å². The molecule has 102 valence electrons. The molecule has 0 radical (unpaired) electrons. The second kappa shape index (κ2) is 4.76. The van der Waals surface area contributed by atoms with Crippen LogP contribution < -0.4 is 9.47 Å². The summed E-state index contributed by atoms with van der Waals surface area (Å²) in [5.74, 6) is 1.97. The average Bonchev–Trinajstić information content (AvgIpc) is 2.82. The van der Waals surface area contributed by atoms with Crippen LogP contribution in [0.2, 0.25) is 0 Å². The van der Waals surface area contributed by atoms with Gasteiger partial charge >= 0.3 is 0 Å². The maximum atomic E-state index is 12.4.